The Balaban J connectivity index is 1.46. The Morgan fingerprint density at radius 3 is 1.09 bits per heavy atom. The Morgan fingerprint density at radius 2 is 0.614 bits per heavy atom. The summed E-state index contributed by atoms with van der Waals surface area (Å²) < 4.78 is 114. The first-order valence-electron chi connectivity index (χ1n) is 20.6. The summed E-state index contributed by atoms with van der Waals surface area (Å²) >= 11 is 0. The minimum absolute atomic E-state index is 0.0867. The lowest BCUT2D eigenvalue weighted by Gasteiger charge is -2.18. The molecule has 0 amide bonds. The highest BCUT2D eigenvalue weighted by Gasteiger charge is 2.16. The number of rotatable bonds is 5. The molecule has 8 aromatic rings. The molecule has 0 fully saturated rings. The lowest BCUT2D eigenvalue weighted by Crippen LogP contribution is -1.91. The second-order valence-electron chi connectivity index (χ2n) is 10.4. The number of benzene rings is 8. The second kappa shape index (κ2) is 11.2. The van der Waals surface area contributed by atoms with E-state index in [1.165, 1.54) is 0 Å². The monoisotopic (exact) mass is 571 g/mol. The average Bonchev–Trinajstić information content (AvgIpc) is 3.24. The van der Waals surface area contributed by atoms with Gasteiger partial charge in [-0.05, 0) is 95.4 Å². The van der Waals surface area contributed by atoms with E-state index in [1.807, 2.05) is 78.9 Å². The summed E-state index contributed by atoms with van der Waals surface area (Å²) in [6.07, 6.45) is 0. The fourth-order valence-corrected chi connectivity index (χ4v) is 5.78. The van der Waals surface area contributed by atoms with Gasteiger partial charge in [0, 0.05) is 0 Å². The van der Waals surface area contributed by atoms with E-state index in [-0.39, 0.29) is 32.7 Å². The van der Waals surface area contributed by atoms with Crippen molar-refractivity contribution in [2.45, 2.75) is 0 Å². The second-order valence-corrected chi connectivity index (χ2v) is 10.4. The van der Waals surface area contributed by atoms with Gasteiger partial charge in [-0.15, -0.1) is 0 Å². The third-order valence-corrected chi connectivity index (χ3v) is 7.78. The van der Waals surface area contributed by atoms with Crippen LogP contribution in [0.1, 0.15) is 17.8 Å². The molecule has 0 heterocycles. The Hall–Kier alpha value is -5.72. The van der Waals surface area contributed by atoms with Crippen molar-refractivity contribution in [1.82, 2.24) is 0 Å². The van der Waals surface area contributed by atoms with E-state index in [1.54, 1.807) is 18.2 Å². The quantitative estimate of drug-likeness (QED) is 0.180. The van der Waals surface area contributed by atoms with Gasteiger partial charge >= 0.3 is 0 Å². The Bertz CT molecular complexity index is 2880. The van der Waals surface area contributed by atoms with E-state index in [4.69, 9.17) is 12.3 Å². The highest BCUT2D eigenvalue weighted by atomic mass is 14.2. The van der Waals surface area contributed by atoms with Crippen LogP contribution in [0.2, 0.25) is 0 Å². The topological polar surface area (TPSA) is 0 Å². The average molecular weight is 572 g/mol. The van der Waals surface area contributed by atoms with Gasteiger partial charge in [0.1, 0.15) is 0 Å². The number of hydrogen-bond acceptors (Lipinski definition) is 0. The van der Waals surface area contributed by atoms with Crippen LogP contribution in [0.15, 0.2) is 182 Å². The maximum absolute atomic E-state index is 9.24. The van der Waals surface area contributed by atoms with Crippen LogP contribution in [-0.4, -0.2) is 0 Å². The molecule has 0 unspecified atom stereocenters. The van der Waals surface area contributed by atoms with Crippen molar-refractivity contribution in [2.75, 3.05) is 0 Å². The summed E-state index contributed by atoms with van der Waals surface area (Å²) in [6, 6.07) is 25.0. The molecule has 0 spiro atoms. The summed E-state index contributed by atoms with van der Waals surface area (Å²) in [6.45, 7) is 0. The molecular formula is C44H30. The fourth-order valence-electron chi connectivity index (χ4n) is 5.78. The van der Waals surface area contributed by atoms with E-state index >= 15 is 0 Å². The molecule has 44 heavy (non-hydrogen) atoms. The van der Waals surface area contributed by atoms with Gasteiger partial charge in [-0.25, -0.2) is 0 Å². The summed E-state index contributed by atoms with van der Waals surface area (Å²) in [5, 5.41) is -0.719. The molecule has 0 bridgehead atoms. The molecule has 0 aliphatic heterocycles. The first kappa shape index (κ1) is 15.7. The predicted octanol–water partition coefficient (Wildman–Crippen LogP) is 12.3. The molecule has 8 rings (SSSR count). The van der Waals surface area contributed by atoms with E-state index in [0.29, 0.717) is 11.1 Å². The molecular weight excluding hydrogens is 528 g/mol. The third-order valence-electron chi connectivity index (χ3n) is 7.78. The Morgan fingerprint density at radius 1 is 0.273 bits per heavy atom. The molecule has 0 saturated carbocycles. The van der Waals surface area contributed by atoms with Crippen LogP contribution in [0.25, 0.3) is 77.2 Å². The van der Waals surface area contributed by atoms with Crippen molar-refractivity contribution in [3.63, 3.8) is 0 Å². The molecule has 0 aliphatic carbocycles. The Labute approximate surface area is 276 Å². The van der Waals surface area contributed by atoms with Gasteiger partial charge in [-0.3, -0.25) is 0 Å². The minimum atomic E-state index is -0.709. The SMILES string of the molecule is [2H]c1c([2H])c([2H])c(-c2c3c([2H])c([2H])c([2H])c([2H])c3c(-c3cccc(-c4cccc(-c5cccc(-c6ccccc6)c5)c4)c3)c3c([2H])c([2H])c([2H])c([2H])c23)c([2H])c1[2H]. The lowest BCUT2D eigenvalue weighted by atomic mass is 9.85. The fraction of sp³-hybridized carbons (Fsp3) is 0. The van der Waals surface area contributed by atoms with Crippen molar-refractivity contribution >= 4 is 21.5 Å². The van der Waals surface area contributed by atoms with E-state index in [0.717, 1.165) is 27.8 Å². The van der Waals surface area contributed by atoms with Crippen LogP contribution in [0.5, 0.6) is 0 Å². The summed E-state index contributed by atoms with van der Waals surface area (Å²) in [5.74, 6) is 0. The molecule has 0 saturated heterocycles. The highest BCUT2D eigenvalue weighted by Crippen LogP contribution is 2.44. The normalized spacial score (nSPS) is 15.3. The molecule has 0 atom stereocenters. The van der Waals surface area contributed by atoms with Crippen molar-refractivity contribution in [3.05, 3.63) is 182 Å². The molecule has 0 aliphatic rings. The highest BCUT2D eigenvalue weighted by molar-refractivity contribution is 6.21. The number of fused-ring (bicyclic) bond motifs is 2. The van der Waals surface area contributed by atoms with Crippen LogP contribution in [0.3, 0.4) is 0 Å². The van der Waals surface area contributed by atoms with Crippen LogP contribution >= 0.6 is 0 Å². The van der Waals surface area contributed by atoms with Gasteiger partial charge in [0.25, 0.3) is 0 Å². The van der Waals surface area contributed by atoms with E-state index in [2.05, 4.69) is 6.07 Å². The lowest BCUT2D eigenvalue weighted by molar-refractivity contribution is 1.57. The molecule has 206 valence electrons. The zero-order chi connectivity index (χ0) is 40.6. The van der Waals surface area contributed by atoms with Crippen molar-refractivity contribution in [3.8, 4) is 55.6 Å². The molecule has 8 aromatic carbocycles. The first-order chi connectivity index (χ1) is 27.2. The largest absolute Gasteiger partial charge is 0.0629 e. The third kappa shape index (κ3) is 4.68. The van der Waals surface area contributed by atoms with Crippen LogP contribution in [0.4, 0.5) is 0 Å². The van der Waals surface area contributed by atoms with Gasteiger partial charge < -0.3 is 0 Å². The zero-order valence-electron chi connectivity index (χ0n) is 36.3. The first-order valence-corrected chi connectivity index (χ1v) is 14.1. The summed E-state index contributed by atoms with van der Waals surface area (Å²) in [4.78, 5) is 0. The number of hydrogen-bond donors (Lipinski definition) is 0. The minimum Gasteiger partial charge on any atom is -0.0622 e. The molecule has 0 heteroatoms. The molecule has 0 N–H and O–H groups in total. The molecule has 0 nitrogen and oxygen atoms in total. The van der Waals surface area contributed by atoms with E-state index in [9.17, 15) is 5.48 Å². The standard InChI is InChI=1S/C44H30/c1-3-14-31(15-4-1)33-18-11-19-34(28-33)35-20-12-21-36(29-35)37-22-13-23-38(30-37)44-41-26-9-7-24-39(41)43(32-16-5-2-6-17-32)40-25-8-10-27-42(40)44/h1-30H/i2D,5D,6D,7D,8D,9D,10D,16D,17D,24D,25D,26D,27D. The summed E-state index contributed by atoms with van der Waals surface area (Å²) in [7, 11) is 0. The maximum atomic E-state index is 9.24. The van der Waals surface area contributed by atoms with Gasteiger partial charge in [0.15, 0.2) is 0 Å². The van der Waals surface area contributed by atoms with Crippen molar-refractivity contribution < 1.29 is 17.8 Å². The van der Waals surface area contributed by atoms with E-state index < -0.39 is 84.1 Å². The molecule has 0 aromatic heterocycles. The van der Waals surface area contributed by atoms with Gasteiger partial charge in [0.05, 0.1) is 17.8 Å². The Kier molecular flexibility index (Phi) is 3.98. The zero-order valence-corrected chi connectivity index (χ0v) is 23.3. The van der Waals surface area contributed by atoms with Crippen LogP contribution in [0, 0.1) is 0 Å². The molecule has 0 radical (unpaired) electrons. The van der Waals surface area contributed by atoms with Gasteiger partial charge in [0.2, 0.25) is 0 Å². The predicted molar refractivity (Wildman–Crippen MR) is 189 cm³/mol. The summed E-state index contributed by atoms with van der Waals surface area (Å²) in [5.41, 5.74) is 5.31. The van der Waals surface area contributed by atoms with Crippen LogP contribution < -0.4 is 0 Å². The van der Waals surface area contributed by atoms with Crippen molar-refractivity contribution in [2.24, 2.45) is 0 Å². The smallest absolute Gasteiger partial charge is 0.0622 e. The maximum Gasteiger partial charge on any atom is 0.0629 e. The van der Waals surface area contributed by atoms with Gasteiger partial charge in [-0.1, -0.05) is 163 Å². The van der Waals surface area contributed by atoms with Gasteiger partial charge in [-0.2, -0.15) is 0 Å². The van der Waals surface area contributed by atoms with Crippen molar-refractivity contribution in [1.29, 1.82) is 0 Å². The van der Waals surface area contributed by atoms with Crippen LogP contribution in [-0.2, 0) is 0 Å².